The van der Waals surface area contributed by atoms with Crippen molar-refractivity contribution in [2.45, 2.75) is 12.3 Å². The summed E-state index contributed by atoms with van der Waals surface area (Å²) in [4.78, 5) is 36.7. The molecule has 9 heteroatoms. The van der Waals surface area contributed by atoms with Gasteiger partial charge < -0.3 is 19.7 Å². The number of nitrogens with zero attached hydrogens (tertiary/aromatic N) is 1. The number of rotatable bonds is 4. The molecule has 1 fully saturated rings. The van der Waals surface area contributed by atoms with Crippen LogP contribution in [-0.2, 0) is 14.3 Å². The predicted molar refractivity (Wildman–Crippen MR) is 73.9 cm³/mol. The van der Waals surface area contributed by atoms with Crippen LogP contribution in [0.3, 0.4) is 0 Å². The zero-order chi connectivity index (χ0) is 16.3. The Balaban J connectivity index is 2.37. The average Bonchev–Trinajstić information content (AvgIpc) is 2.87. The van der Waals surface area contributed by atoms with E-state index in [1.807, 2.05) is 0 Å². The fourth-order valence-electron chi connectivity index (χ4n) is 2.09. The van der Waals surface area contributed by atoms with Crippen LogP contribution in [0.4, 0.5) is 0 Å². The number of H-pyrrole nitrogens is 1. The number of aliphatic hydroxyl groups is 2. The van der Waals surface area contributed by atoms with Crippen molar-refractivity contribution in [3.8, 4) is 0 Å². The summed E-state index contributed by atoms with van der Waals surface area (Å²) in [6.07, 6.45) is 1.28. The molecule has 2 heterocycles. The van der Waals surface area contributed by atoms with Crippen molar-refractivity contribution in [1.29, 1.82) is 0 Å². The van der Waals surface area contributed by atoms with Gasteiger partial charge in [0.05, 0.1) is 25.9 Å². The lowest BCUT2D eigenvalue weighted by molar-refractivity contribution is -0.134. The average molecular weight is 312 g/mol. The molecular weight excluding hydrogens is 296 g/mol. The van der Waals surface area contributed by atoms with Crippen LogP contribution in [0.25, 0.3) is 6.08 Å². The largest absolute Gasteiger partial charge is 0.466 e. The summed E-state index contributed by atoms with van der Waals surface area (Å²) in [5, 5.41) is 19.1. The molecule has 3 atom stereocenters. The van der Waals surface area contributed by atoms with E-state index in [2.05, 4.69) is 9.72 Å². The van der Waals surface area contributed by atoms with Crippen molar-refractivity contribution in [3.05, 3.63) is 38.7 Å². The van der Waals surface area contributed by atoms with Crippen molar-refractivity contribution in [2.24, 2.45) is 5.92 Å². The number of nitrogens with one attached hydrogen (secondary N) is 1. The van der Waals surface area contributed by atoms with Crippen LogP contribution < -0.4 is 11.2 Å². The lowest BCUT2D eigenvalue weighted by Crippen LogP contribution is -2.37. The van der Waals surface area contributed by atoms with Crippen LogP contribution in [-0.4, -0.2) is 52.2 Å². The maximum atomic E-state index is 11.9. The number of aromatic nitrogens is 2. The molecule has 0 unspecified atom stereocenters. The van der Waals surface area contributed by atoms with E-state index in [-0.39, 0.29) is 18.8 Å². The van der Waals surface area contributed by atoms with Gasteiger partial charge in [-0.1, -0.05) is 0 Å². The number of carbonyl (C=O) groups is 1. The Hall–Kier alpha value is -2.23. The van der Waals surface area contributed by atoms with Gasteiger partial charge in [0, 0.05) is 18.2 Å². The third-order valence-corrected chi connectivity index (χ3v) is 3.36. The van der Waals surface area contributed by atoms with Crippen LogP contribution in [0, 0.1) is 5.92 Å². The van der Waals surface area contributed by atoms with Gasteiger partial charge in [0.15, 0.2) is 6.23 Å². The van der Waals surface area contributed by atoms with Crippen molar-refractivity contribution in [1.82, 2.24) is 9.55 Å². The number of hydrogen-bond donors (Lipinski definition) is 3. The lowest BCUT2D eigenvalue weighted by Gasteiger charge is -2.18. The molecular formula is C13H16N2O7. The van der Waals surface area contributed by atoms with Crippen molar-refractivity contribution in [2.75, 3.05) is 20.3 Å². The fraction of sp³-hybridized carbons (Fsp3) is 0.462. The van der Waals surface area contributed by atoms with Crippen LogP contribution in [0.1, 0.15) is 11.8 Å². The molecule has 0 spiro atoms. The van der Waals surface area contributed by atoms with Crippen molar-refractivity contribution in [3.63, 3.8) is 0 Å². The summed E-state index contributed by atoms with van der Waals surface area (Å²) in [6.45, 7) is -0.202. The highest BCUT2D eigenvalue weighted by Gasteiger charge is 2.37. The number of aromatic amines is 1. The smallest absolute Gasteiger partial charge is 0.330 e. The van der Waals surface area contributed by atoms with E-state index in [9.17, 15) is 19.5 Å². The standard InChI is InChI=1S/C13H16N2O7/c1-21-9(17)3-2-7-4-15(13(20)14-11(7)19)12-10(18)8(5-16)6-22-12/h2-4,8,10,12,16,18H,5-6H2,1H3,(H,14,19,20)/b3-2+/t8-,10+,12+/m0/s1. The first-order chi connectivity index (χ1) is 10.5. The molecule has 1 aliphatic rings. The molecule has 0 aromatic carbocycles. The zero-order valence-electron chi connectivity index (χ0n) is 11.8. The molecule has 3 N–H and O–H groups in total. The molecule has 1 aromatic rings. The summed E-state index contributed by atoms with van der Waals surface area (Å²) < 4.78 is 10.7. The fourth-order valence-corrected chi connectivity index (χ4v) is 2.09. The first kappa shape index (κ1) is 16.1. The summed E-state index contributed by atoms with van der Waals surface area (Å²) in [5.74, 6) is -1.17. The minimum absolute atomic E-state index is 0.0215. The van der Waals surface area contributed by atoms with E-state index in [1.54, 1.807) is 0 Å². The Morgan fingerprint density at radius 2 is 2.32 bits per heavy atom. The van der Waals surface area contributed by atoms with E-state index in [1.165, 1.54) is 19.4 Å². The molecule has 120 valence electrons. The Morgan fingerprint density at radius 3 is 2.91 bits per heavy atom. The monoisotopic (exact) mass is 312 g/mol. The van der Waals surface area contributed by atoms with Gasteiger partial charge in [-0.25, -0.2) is 9.59 Å². The van der Waals surface area contributed by atoms with Gasteiger partial charge >= 0.3 is 11.7 Å². The van der Waals surface area contributed by atoms with Gasteiger partial charge in [-0.15, -0.1) is 0 Å². The Morgan fingerprint density at radius 1 is 1.59 bits per heavy atom. The third-order valence-electron chi connectivity index (χ3n) is 3.36. The minimum atomic E-state index is -1.09. The normalized spacial score (nSPS) is 24.8. The molecule has 22 heavy (non-hydrogen) atoms. The van der Waals surface area contributed by atoms with E-state index in [0.29, 0.717) is 0 Å². The third kappa shape index (κ3) is 3.16. The number of hydrogen-bond acceptors (Lipinski definition) is 7. The highest BCUT2D eigenvalue weighted by molar-refractivity contribution is 5.86. The molecule has 0 radical (unpaired) electrons. The van der Waals surface area contributed by atoms with E-state index >= 15 is 0 Å². The number of carbonyl (C=O) groups excluding carboxylic acids is 1. The molecule has 1 saturated heterocycles. The van der Waals surface area contributed by atoms with E-state index < -0.39 is 35.5 Å². The predicted octanol–water partition coefficient (Wildman–Crippen LogP) is -1.78. The number of aliphatic hydroxyl groups excluding tert-OH is 2. The van der Waals surface area contributed by atoms with Crippen LogP contribution in [0.5, 0.6) is 0 Å². The van der Waals surface area contributed by atoms with Gasteiger partial charge in [0.1, 0.15) is 6.10 Å². The Kier molecular flexibility index (Phi) is 4.91. The molecule has 0 amide bonds. The molecule has 9 nitrogen and oxygen atoms in total. The molecule has 2 rings (SSSR count). The lowest BCUT2D eigenvalue weighted by atomic mass is 10.1. The summed E-state index contributed by atoms with van der Waals surface area (Å²) in [6, 6.07) is 0. The molecule has 0 bridgehead atoms. The maximum absolute atomic E-state index is 11.9. The Bertz CT molecular complexity index is 690. The maximum Gasteiger partial charge on any atom is 0.330 e. The second kappa shape index (κ2) is 6.69. The topological polar surface area (TPSA) is 131 Å². The van der Waals surface area contributed by atoms with Gasteiger partial charge in [0.2, 0.25) is 0 Å². The minimum Gasteiger partial charge on any atom is -0.466 e. The number of esters is 1. The van der Waals surface area contributed by atoms with Gasteiger partial charge in [-0.2, -0.15) is 0 Å². The number of methoxy groups -OCH3 is 1. The molecule has 0 aliphatic carbocycles. The molecule has 1 aliphatic heterocycles. The van der Waals surface area contributed by atoms with Crippen LogP contribution in [0.15, 0.2) is 21.9 Å². The first-order valence-electron chi connectivity index (χ1n) is 6.50. The molecule has 0 saturated carbocycles. The zero-order valence-corrected chi connectivity index (χ0v) is 11.8. The van der Waals surface area contributed by atoms with E-state index in [4.69, 9.17) is 9.84 Å². The van der Waals surface area contributed by atoms with Crippen molar-refractivity contribution < 1.29 is 24.5 Å². The summed E-state index contributed by atoms with van der Waals surface area (Å²) in [5.41, 5.74) is -1.43. The van der Waals surface area contributed by atoms with Gasteiger partial charge in [0.25, 0.3) is 5.56 Å². The van der Waals surface area contributed by atoms with E-state index in [0.717, 1.165) is 10.6 Å². The van der Waals surface area contributed by atoms with Crippen LogP contribution >= 0.6 is 0 Å². The second-order valence-electron chi connectivity index (χ2n) is 4.76. The quantitative estimate of drug-likeness (QED) is 0.442. The van der Waals surface area contributed by atoms with Gasteiger partial charge in [-0.05, 0) is 6.08 Å². The first-order valence-corrected chi connectivity index (χ1v) is 6.50. The Labute approximate surface area is 124 Å². The van der Waals surface area contributed by atoms with Crippen molar-refractivity contribution >= 4 is 12.0 Å². The second-order valence-corrected chi connectivity index (χ2v) is 4.76. The highest BCUT2D eigenvalue weighted by Crippen LogP contribution is 2.27. The SMILES string of the molecule is COC(=O)/C=C/c1cn([C@@H]2OC[C@H](CO)[C@H]2O)c(=O)[nH]c1=O. The number of ether oxygens (including phenoxy) is 2. The summed E-state index contributed by atoms with van der Waals surface area (Å²) >= 11 is 0. The molecule has 1 aromatic heterocycles. The highest BCUT2D eigenvalue weighted by atomic mass is 16.5. The van der Waals surface area contributed by atoms with Gasteiger partial charge in [-0.3, -0.25) is 14.3 Å². The summed E-state index contributed by atoms with van der Waals surface area (Å²) in [7, 11) is 1.19. The van der Waals surface area contributed by atoms with Crippen LogP contribution in [0.2, 0.25) is 0 Å².